The summed E-state index contributed by atoms with van der Waals surface area (Å²) < 4.78 is 10.6. The van der Waals surface area contributed by atoms with Gasteiger partial charge in [-0.2, -0.15) is 4.98 Å². The van der Waals surface area contributed by atoms with E-state index in [2.05, 4.69) is 32.1 Å². The molecule has 3 rings (SSSR count). The van der Waals surface area contributed by atoms with Crippen molar-refractivity contribution >= 4 is 0 Å². The predicted molar refractivity (Wildman–Crippen MR) is 75.7 cm³/mol. The summed E-state index contributed by atoms with van der Waals surface area (Å²) in [5, 5.41) is 7.92. The highest BCUT2D eigenvalue weighted by Crippen LogP contribution is 2.25. The van der Waals surface area contributed by atoms with Crippen LogP contribution in [0.2, 0.25) is 0 Å². The lowest BCUT2D eigenvalue weighted by atomic mass is 10.1. The van der Waals surface area contributed by atoms with Crippen LogP contribution in [0, 0.1) is 20.8 Å². The lowest BCUT2D eigenvalue weighted by Gasteiger charge is -2.37. The Balaban J connectivity index is 1.74. The number of hydrogen-bond donors (Lipinski definition) is 0. The zero-order chi connectivity index (χ0) is 15.0. The van der Waals surface area contributed by atoms with Crippen LogP contribution < -0.4 is 0 Å². The van der Waals surface area contributed by atoms with Gasteiger partial charge in [0.15, 0.2) is 5.82 Å². The first-order valence-corrected chi connectivity index (χ1v) is 7.19. The van der Waals surface area contributed by atoms with Crippen molar-refractivity contribution in [3.05, 3.63) is 28.7 Å². The molecule has 2 aromatic heterocycles. The van der Waals surface area contributed by atoms with Crippen molar-refractivity contribution in [1.82, 2.24) is 25.1 Å². The molecule has 0 aliphatic carbocycles. The number of aromatic nitrogens is 3. The van der Waals surface area contributed by atoms with Gasteiger partial charge in [0.1, 0.15) is 11.8 Å². The predicted octanol–water partition coefficient (Wildman–Crippen LogP) is 1.47. The van der Waals surface area contributed by atoms with Crippen LogP contribution >= 0.6 is 0 Å². The van der Waals surface area contributed by atoms with E-state index in [0.29, 0.717) is 11.7 Å². The summed E-state index contributed by atoms with van der Waals surface area (Å²) in [5.74, 6) is 2.27. The molecule has 0 aromatic carbocycles. The van der Waals surface area contributed by atoms with Crippen LogP contribution in [-0.2, 0) is 6.54 Å². The minimum atomic E-state index is 0.139. The zero-order valence-corrected chi connectivity index (χ0v) is 13.0. The molecule has 0 N–H and O–H groups in total. The van der Waals surface area contributed by atoms with Crippen molar-refractivity contribution in [2.75, 3.05) is 26.7 Å². The molecule has 0 amide bonds. The number of aryl methyl sites for hydroxylation is 3. The Morgan fingerprint density at radius 3 is 2.57 bits per heavy atom. The molecule has 21 heavy (non-hydrogen) atoms. The number of piperazine rings is 1. The zero-order valence-electron chi connectivity index (χ0n) is 13.0. The molecule has 7 nitrogen and oxygen atoms in total. The van der Waals surface area contributed by atoms with Crippen LogP contribution in [0.25, 0.3) is 0 Å². The molecule has 114 valence electrons. The molecule has 2 aromatic rings. The van der Waals surface area contributed by atoms with Crippen molar-refractivity contribution in [3.8, 4) is 0 Å². The molecular weight excluding hydrogens is 270 g/mol. The number of rotatable bonds is 3. The molecule has 1 aliphatic heterocycles. The van der Waals surface area contributed by atoms with Gasteiger partial charge >= 0.3 is 0 Å². The SMILES string of the molecule is Cc1noc([C@H]2CN(Cc3c(C)noc3C)CCN2C)n1. The highest BCUT2D eigenvalue weighted by atomic mass is 16.5. The molecule has 3 heterocycles. The van der Waals surface area contributed by atoms with Crippen molar-refractivity contribution in [3.63, 3.8) is 0 Å². The molecule has 0 radical (unpaired) electrons. The second-order valence-corrected chi connectivity index (χ2v) is 5.71. The van der Waals surface area contributed by atoms with Gasteiger partial charge in [-0.25, -0.2) is 0 Å². The summed E-state index contributed by atoms with van der Waals surface area (Å²) in [4.78, 5) is 9.02. The van der Waals surface area contributed by atoms with Crippen molar-refractivity contribution in [2.45, 2.75) is 33.4 Å². The molecule has 0 spiro atoms. The van der Waals surface area contributed by atoms with Gasteiger partial charge in [0, 0.05) is 31.7 Å². The van der Waals surface area contributed by atoms with E-state index in [1.165, 1.54) is 5.56 Å². The van der Waals surface area contributed by atoms with E-state index in [4.69, 9.17) is 9.05 Å². The molecular formula is C14H21N5O2. The largest absolute Gasteiger partial charge is 0.361 e. The van der Waals surface area contributed by atoms with Gasteiger partial charge in [0.2, 0.25) is 5.89 Å². The molecule has 7 heteroatoms. The van der Waals surface area contributed by atoms with E-state index in [1.807, 2.05) is 20.8 Å². The first kappa shape index (κ1) is 14.2. The van der Waals surface area contributed by atoms with E-state index in [1.54, 1.807) is 0 Å². The first-order chi connectivity index (χ1) is 10.0. The third kappa shape index (κ3) is 2.84. The Morgan fingerprint density at radius 2 is 1.95 bits per heavy atom. The Hall–Kier alpha value is -1.73. The summed E-state index contributed by atoms with van der Waals surface area (Å²) in [7, 11) is 2.09. The maximum Gasteiger partial charge on any atom is 0.245 e. The Labute approximate surface area is 123 Å². The minimum absolute atomic E-state index is 0.139. The fourth-order valence-electron chi connectivity index (χ4n) is 2.74. The molecule has 0 unspecified atom stereocenters. The number of nitrogens with zero attached hydrogens (tertiary/aromatic N) is 5. The van der Waals surface area contributed by atoms with Gasteiger partial charge in [-0.15, -0.1) is 0 Å². The molecule has 1 fully saturated rings. The van der Waals surface area contributed by atoms with Gasteiger partial charge in [0.05, 0.1) is 5.69 Å². The number of hydrogen-bond acceptors (Lipinski definition) is 7. The first-order valence-electron chi connectivity index (χ1n) is 7.19. The normalized spacial score (nSPS) is 21.0. The Morgan fingerprint density at radius 1 is 1.14 bits per heavy atom. The van der Waals surface area contributed by atoms with Crippen LogP contribution in [0.4, 0.5) is 0 Å². The fourth-order valence-corrected chi connectivity index (χ4v) is 2.74. The topological polar surface area (TPSA) is 71.4 Å². The Kier molecular flexibility index (Phi) is 3.77. The van der Waals surface area contributed by atoms with Crippen molar-refractivity contribution < 1.29 is 9.05 Å². The maximum atomic E-state index is 5.34. The highest BCUT2D eigenvalue weighted by molar-refractivity contribution is 5.20. The molecule has 0 bridgehead atoms. The second-order valence-electron chi connectivity index (χ2n) is 5.71. The van der Waals surface area contributed by atoms with Crippen LogP contribution in [0.5, 0.6) is 0 Å². The summed E-state index contributed by atoms with van der Waals surface area (Å²) in [6.45, 7) is 9.48. The average Bonchev–Trinajstić information content (AvgIpc) is 3.01. The standard InChI is InChI=1S/C14H21N5O2/c1-9-12(10(2)20-16-9)7-19-6-5-18(4)13(8-19)14-15-11(3)17-21-14/h13H,5-8H2,1-4H3/t13-/m1/s1. The lowest BCUT2D eigenvalue weighted by molar-refractivity contribution is 0.0711. The maximum absolute atomic E-state index is 5.34. The summed E-state index contributed by atoms with van der Waals surface area (Å²) in [6, 6.07) is 0.139. The fraction of sp³-hybridized carbons (Fsp3) is 0.643. The molecule has 1 aliphatic rings. The van der Waals surface area contributed by atoms with Crippen molar-refractivity contribution in [1.29, 1.82) is 0 Å². The van der Waals surface area contributed by atoms with Gasteiger partial charge in [-0.05, 0) is 27.8 Å². The molecule has 0 saturated carbocycles. The summed E-state index contributed by atoms with van der Waals surface area (Å²) in [5.41, 5.74) is 2.15. The number of likely N-dealkylation sites (N-methyl/N-ethyl adjacent to an activating group) is 1. The Bertz CT molecular complexity index is 601. The summed E-state index contributed by atoms with van der Waals surface area (Å²) in [6.07, 6.45) is 0. The molecule has 1 atom stereocenters. The second kappa shape index (κ2) is 5.57. The van der Waals surface area contributed by atoms with Crippen LogP contribution in [0.15, 0.2) is 9.05 Å². The van der Waals surface area contributed by atoms with E-state index < -0.39 is 0 Å². The third-order valence-corrected chi connectivity index (χ3v) is 4.12. The third-order valence-electron chi connectivity index (χ3n) is 4.12. The van der Waals surface area contributed by atoms with Crippen molar-refractivity contribution in [2.24, 2.45) is 0 Å². The van der Waals surface area contributed by atoms with E-state index >= 15 is 0 Å². The van der Waals surface area contributed by atoms with Gasteiger partial charge in [-0.1, -0.05) is 10.3 Å². The van der Waals surface area contributed by atoms with Crippen LogP contribution in [0.1, 0.15) is 34.8 Å². The smallest absolute Gasteiger partial charge is 0.245 e. The van der Waals surface area contributed by atoms with E-state index in [9.17, 15) is 0 Å². The van der Waals surface area contributed by atoms with Gasteiger partial charge in [-0.3, -0.25) is 9.80 Å². The minimum Gasteiger partial charge on any atom is -0.361 e. The highest BCUT2D eigenvalue weighted by Gasteiger charge is 2.30. The van der Waals surface area contributed by atoms with Crippen LogP contribution in [-0.4, -0.2) is 51.8 Å². The lowest BCUT2D eigenvalue weighted by Crippen LogP contribution is -2.46. The van der Waals surface area contributed by atoms with Gasteiger partial charge in [0.25, 0.3) is 0 Å². The van der Waals surface area contributed by atoms with E-state index in [-0.39, 0.29) is 6.04 Å². The van der Waals surface area contributed by atoms with E-state index in [0.717, 1.165) is 37.6 Å². The van der Waals surface area contributed by atoms with Crippen LogP contribution in [0.3, 0.4) is 0 Å². The molecule has 1 saturated heterocycles. The summed E-state index contributed by atoms with van der Waals surface area (Å²) >= 11 is 0. The quantitative estimate of drug-likeness (QED) is 0.848. The average molecular weight is 291 g/mol. The van der Waals surface area contributed by atoms with Gasteiger partial charge < -0.3 is 9.05 Å². The monoisotopic (exact) mass is 291 g/mol.